The van der Waals surface area contributed by atoms with Gasteiger partial charge in [-0.3, -0.25) is 14.4 Å². The monoisotopic (exact) mass is 497 g/mol. The number of carboxylic acids is 1. The van der Waals surface area contributed by atoms with Crippen LogP contribution in [0, 0.1) is 11.8 Å². The first-order valence-electron chi connectivity index (χ1n) is 12.3. The van der Waals surface area contributed by atoms with Crippen molar-refractivity contribution in [3.63, 3.8) is 0 Å². The Morgan fingerprint density at radius 1 is 1.31 bits per heavy atom. The standard InChI is InChI=1S/C25H31N5O6/c1-3-12-28(15-30-17-9-5-4-8-16(17)26-27-30)22(33)20-25-11-10-24(2,36-25)19(23(34)35)18(25)21(32)29(20)13-6-7-14-31/h3-5,8-9,18-20,31H,1,6-7,10-15H2,2H3,(H,34,35)/t18-,19+,20?,24-,25?/m0/s1. The van der Waals surface area contributed by atoms with Crippen LogP contribution in [-0.4, -0.2) is 89.7 Å². The van der Waals surface area contributed by atoms with E-state index in [4.69, 9.17) is 4.74 Å². The Balaban J connectivity index is 1.53. The topological polar surface area (TPSA) is 138 Å². The number of carbonyl (C=O) groups is 3. The fourth-order valence-corrected chi connectivity index (χ4v) is 6.45. The number of aromatic nitrogens is 3. The van der Waals surface area contributed by atoms with Crippen molar-refractivity contribution in [3.8, 4) is 0 Å². The molecule has 3 saturated heterocycles. The van der Waals surface area contributed by atoms with Crippen LogP contribution in [0.5, 0.6) is 0 Å². The van der Waals surface area contributed by atoms with E-state index in [0.717, 1.165) is 5.52 Å². The van der Waals surface area contributed by atoms with E-state index >= 15 is 0 Å². The first-order chi connectivity index (χ1) is 17.3. The second-order valence-corrected chi connectivity index (χ2v) is 10.1. The van der Waals surface area contributed by atoms with Gasteiger partial charge in [0, 0.05) is 19.7 Å². The molecule has 192 valence electrons. The molecule has 3 aliphatic rings. The minimum absolute atomic E-state index is 0.0382. The Labute approximate surface area is 208 Å². The van der Waals surface area contributed by atoms with Crippen molar-refractivity contribution in [2.45, 2.75) is 56.5 Å². The van der Waals surface area contributed by atoms with Gasteiger partial charge < -0.3 is 24.7 Å². The normalized spacial score (nSPS) is 30.7. The van der Waals surface area contributed by atoms with Gasteiger partial charge in [-0.2, -0.15) is 0 Å². The van der Waals surface area contributed by atoms with Gasteiger partial charge in [-0.05, 0) is 44.7 Å². The van der Waals surface area contributed by atoms with E-state index in [1.165, 1.54) is 4.90 Å². The molecule has 36 heavy (non-hydrogen) atoms. The number of fused-ring (bicyclic) bond motifs is 2. The van der Waals surface area contributed by atoms with Gasteiger partial charge in [0.1, 0.15) is 23.8 Å². The third kappa shape index (κ3) is 3.52. The minimum Gasteiger partial charge on any atom is -0.481 e. The van der Waals surface area contributed by atoms with Crippen LogP contribution in [0.2, 0.25) is 0 Å². The lowest BCUT2D eigenvalue weighted by molar-refractivity contribution is -0.156. The molecule has 0 saturated carbocycles. The molecule has 4 heterocycles. The van der Waals surface area contributed by atoms with E-state index in [1.54, 1.807) is 22.6 Å². The van der Waals surface area contributed by atoms with Crippen molar-refractivity contribution in [2.75, 3.05) is 19.7 Å². The van der Waals surface area contributed by atoms with Crippen LogP contribution in [0.1, 0.15) is 32.6 Å². The molecule has 11 heteroatoms. The molecule has 0 aliphatic carbocycles. The Hall–Kier alpha value is -3.31. The second-order valence-electron chi connectivity index (χ2n) is 10.1. The number of aliphatic carboxylic acids is 1. The van der Waals surface area contributed by atoms with Crippen LogP contribution < -0.4 is 0 Å². The molecule has 2 bridgehead atoms. The van der Waals surface area contributed by atoms with E-state index in [-0.39, 0.29) is 38.2 Å². The highest BCUT2D eigenvalue weighted by molar-refractivity contribution is 5.98. The summed E-state index contributed by atoms with van der Waals surface area (Å²) in [7, 11) is 0. The molecule has 5 rings (SSSR count). The number of likely N-dealkylation sites (tertiary alicyclic amines) is 1. The van der Waals surface area contributed by atoms with Crippen molar-refractivity contribution in [1.82, 2.24) is 24.8 Å². The van der Waals surface area contributed by atoms with Gasteiger partial charge in [-0.1, -0.05) is 23.4 Å². The maximum Gasteiger partial charge on any atom is 0.310 e. The van der Waals surface area contributed by atoms with Crippen molar-refractivity contribution >= 4 is 28.8 Å². The number of carboxylic acid groups (broad SMARTS) is 1. The highest BCUT2D eigenvalue weighted by atomic mass is 16.5. The zero-order chi connectivity index (χ0) is 25.7. The second kappa shape index (κ2) is 8.97. The summed E-state index contributed by atoms with van der Waals surface area (Å²) in [5.74, 6) is -3.76. The molecule has 2 unspecified atom stereocenters. The van der Waals surface area contributed by atoms with Crippen LogP contribution in [-0.2, 0) is 25.8 Å². The summed E-state index contributed by atoms with van der Waals surface area (Å²) in [6, 6.07) is 6.44. The van der Waals surface area contributed by atoms with Gasteiger partial charge in [0.2, 0.25) is 11.8 Å². The van der Waals surface area contributed by atoms with Crippen molar-refractivity contribution < 1.29 is 29.3 Å². The average Bonchev–Trinajstić information content (AvgIpc) is 3.55. The first kappa shape index (κ1) is 24.4. The lowest BCUT2D eigenvalue weighted by Gasteiger charge is -2.36. The van der Waals surface area contributed by atoms with Crippen molar-refractivity contribution in [1.29, 1.82) is 0 Å². The summed E-state index contributed by atoms with van der Waals surface area (Å²) < 4.78 is 8.04. The molecule has 3 fully saturated rings. The Morgan fingerprint density at radius 3 is 2.81 bits per heavy atom. The van der Waals surface area contributed by atoms with Gasteiger partial charge in [0.25, 0.3) is 0 Å². The molecular formula is C25H31N5O6. The summed E-state index contributed by atoms with van der Waals surface area (Å²) in [6.45, 7) is 6.00. The number of rotatable bonds is 10. The molecule has 2 amide bonds. The molecule has 3 aliphatic heterocycles. The third-order valence-electron chi connectivity index (χ3n) is 7.97. The predicted molar refractivity (Wildman–Crippen MR) is 127 cm³/mol. The van der Waals surface area contributed by atoms with Gasteiger partial charge in [0.15, 0.2) is 0 Å². The fraction of sp³-hybridized carbons (Fsp3) is 0.560. The van der Waals surface area contributed by atoms with Crippen LogP contribution in [0.3, 0.4) is 0 Å². The maximum atomic E-state index is 14.2. The number of amides is 2. The average molecular weight is 498 g/mol. The Morgan fingerprint density at radius 2 is 2.08 bits per heavy atom. The summed E-state index contributed by atoms with van der Waals surface area (Å²) in [4.78, 5) is 43.3. The minimum atomic E-state index is -1.21. The number of aliphatic hydroxyl groups excluding tert-OH is 1. The van der Waals surface area contributed by atoms with Crippen LogP contribution in [0.25, 0.3) is 11.0 Å². The zero-order valence-electron chi connectivity index (χ0n) is 20.2. The highest BCUT2D eigenvalue weighted by Gasteiger charge is 2.78. The zero-order valence-corrected chi connectivity index (χ0v) is 20.2. The maximum absolute atomic E-state index is 14.2. The number of ether oxygens (including phenoxy) is 1. The fourth-order valence-electron chi connectivity index (χ4n) is 6.45. The quantitative estimate of drug-likeness (QED) is 0.367. The van der Waals surface area contributed by atoms with Crippen molar-refractivity contribution in [3.05, 3.63) is 36.9 Å². The van der Waals surface area contributed by atoms with E-state index in [1.807, 2.05) is 24.3 Å². The van der Waals surface area contributed by atoms with E-state index in [9.17, 15) is 24.6 Å². The molecule has 2 aromatic rings. The summed E-state index contributed by atoms with van der Waals surface area (Å²) in [5.41, 5.74) is -0.768. The molecule has 5 atom stereocenters. The summed E-state index contributed by atoms with van der Waals surface area (Å²) in [5, 5.41) is 27.7. The van der Waals surface area contributed by atoms with Gasteiger partial charge in [0.05, 0.1) is 23.0 Å². The highest BCUT2D eigenvalue weighted by Crippen LogP contribution is 2.63. The van der Waals surface area contributed by atoms with Crippen molar-refractivity contribution in [2.24, 2.45) is 11.8 Å². The number of aliphatic hydroxyl groups is 1. The van der Waals surface area contributed by atoms with Crippen LogP contribution in [0.15, 0.2) is 36.9 Å². The predicted octanol–water partition coefficient (Wildman–Crippen LogP) is 1.03. The van der Waals surface area contributed by atoms with Crippen LogP contribution in [0.4, 0.5) is 0 Å². The first-order valence-corrected chi connectivity index (χ1v) is 12.3. The molecule has 1 aromatic heterocycles. The van der Waals surface area contributed by atoms with Gasteiger partial charge >= 0.3 is 5.97 Å². The van der Waals surface area contributed by atoms with Crippen LogP contribution >= 0.6 is 0 Å². The number of para-hydroxylation sites is 1. The number of hydrogen-bond donors (Lipinski definition) is 2. The molecule has 11 nitrogen and oxygen atoms in total. The lowest BCUT2D eigenvalue weighted by atomic mass is 9.66. The number of carbonyl (C=O) groups excluding carboxylic acids is 2. The molecule has 1 spiro atoms. The third-order valence-corrected chi connectivity index (χ3v) is 7.97. The van der Waals surface area contributed by atoms with E-state index in [0.29, 0.717) is 31.2 Å². The largest absolute Gasteiger partial charge is 0.481 e. The Bertz CT molecular complexity index is 1210. The molecular weight excluding hydrogens is 466 g/mol. The van der Waals surface area contributed by atoms with Gasteiger partial charge in [-0.15, -0.1) is 11.7 Å². The lowest BCUT2D eigenvalue weighted by Crippen LogP contribution is -2.56. The van der Waals surface area contributed by atoms with E-state index in [2.05, 4.69) is 16.9 Å². The molecule has 1 aromatic carbocycles. The molecule has 2 N–H and O–H groups in total. The smallest absolute Gasteiger partial charge is 0.310 e. The molecule has 0 radical (unpaired) electrons. The van der Waals surface area contributed by atoms with E-state index < -0.39 is 35.0 Å². The number of benzene rings is 1. The number of nitrogens with zero attached hydrogens (tertiary/aromatic N) is 5. The number of hydrogen-bond acceptors (Lipinski definition) is 7. The SMILES string of the molecule is C=CCN(Cn1nnc2ccccc21)C(=O)C1N(CCCCO)C(=O)[C@@H]2[C@H](C(=O)O)[C@]3(C)CCC12O3. The summed E-state index contributed by atoms with van der Waals surface area (Å²) >= 11 is 0. The summed E-state index contributed by atoms with van der Waals surface area (Å²) in [6.07, 6.45) is 3.43. The Kier molecular flexibility index (Phi) is 6.08. The number of unbranched alkanes of at least 4 members (excludes halogenated alkanes) is 1. The van der Waals surface area contributed by atoms with Gasteiger partial charge in [-0.25, -0.2) is 4.68 Å².